The average Bonchev–Trinajstić information content (AvgIpc) is 2.38. The third kappa shape index (κ3) is 2.90. The Hall–Kier alpha value is -1.95. The molecule has 0 saturated carbocycles. The van der Waals surface area contributed by atoms with E-state index in [9.17, 15) is 9.59 Å². The third-order valence-corrected chi connectivity index (χ3v) is 2.86. The van der Waals surface area contributed by atoms with E-state index in [-0.39, 0.29) is 10.6 Å². The number of ether oxygens (including phenoxy) is 2. The molecule has 2 rings (SSSR count). The zero-order valence-corrected chi connectivity index (χ0v) is 10.9. The Morgan fingerprint density at radius 3 is 2.74 bits per heavy atom. The van der Waals surface area contributed by atoms with Crippen LogP contribution in [-0.2, 0) is 4.79 Å². The van der Waals surface area contributed by atoms with Gasteiger partial charge in [0.1, 0.15) is 19.3 Å². The largest absolute Gasteiger partial charge is 0.486 e. The molecule has 1 aliphatic heterocycles. The minimum Gasteiger partial charge on any atom is -0.486 e. The molecule has 102 valence electrons. The number of carboxylic acid groups (broad SMARTS) is 1. The summed E-state index contributed by atoms with van der Waals surface area (Å²) in [5.74, 6) is -0.867. The standard InChI is InChI=1S/C12H12ClNO5/c1-6(12(16)17)14-11(15)7-4-8(13)10-9(5-7)18-2-3-19-10/h4-6H,2-3H2,1H3,(H,14,15)(H,16,17)/t6-/m1/s1. The average molecular weight is 286 g/mol. The topological polar surface area (TPSA) is 84.9 Å². The quantitative estimate of drug-likeness (QED) is 0.875. The molecule has 0 aliphatic carbocycles. The van der Waals surface area contributed by atoms with Gasteiger partial charge in [-0.25, -0.2) is 0 Å². The van der Waals surface area contributed by atoms with Crippen molar-refractivity contribution in [3.63, 3.8) is 0 Å². The van der Waals surface area contributed by atoms with Crippen LogP contribution in [0.25, 0.3) is 0 Å². The van der Waals surface area contributed by atoms with Crippen molar-refractivity contribution in [1.82, 2.24) is 5.32 Å². The van der Waals surface area contributed by atoms with E-state index in [1.807, 2.05) is 0 Å². The lowest BCUT2D eigenvalue weighted by Gasteiger charge is -2.20. The molecule has 7 heteroatoms. The summed E-state index contributed by atoms with van der Waals surface area (Å²) in [6.07, 6.45) is 0. The van der Waals surface area contributed by atoms with Crippen molar-refractivity contribution in [3.8, 4) is 11.5 Å². The predicted molar refractivity (Wildman–Crippen MR) is 67.0 cm³/mol. The zero-order valence-electron chi connectivity index (χ0n) is 10.1. The minimum absolute atomic E-state index is 0.224. The molecule has 0 bridgehead atoms. The van der Waals surface area contributed by atoms with Crippen molar-refractivity contribution < 1.29 is 24.2 Å². The molecule has 0 saturated heterocycles. The monoisotopic (exact) mass is 285 g/mol. The Labute approximate surface area is 114 Å². The molecule has 1 aromatic rings. The lowest BCUT2D eigenvalue weighted by atomic mass is 10.1. The maximum Gasteiger partial charge on any atom is 0.325 e. The number of fused-ring (bicyclic) bond motifs is 1. The Morgan fingerprint density at radius 1 is 1.37 bits per heavy atom. The molecule has 0 unspecified atom stereocenters. The van der Waals surface area contributed by atoms with Crippen LogP contribution in [0.2, 0.25) is 5.02 Å². The van der Waals surface area contributed by atoms with E-state index in [0.29, 0.717) is 24.7 Å². The van der Waals surface area contributed by atoms with Gasteiger partial charge in [-0.3, -0.25) is 9.59 Å². The van der Waals surface area contributed by atoms with Crippen molar-refractivity contribution >= 4 is 23.5 Å². The van der Waals surface area contributed by atoms with E-state index in [0.717, 1.165) is 0 Å². The Bertz CT molecular complexity index is 531. The second kappa shape index (κ2) is 5.36. The van der Waals surface area contributed by atoms with Crippen LogP contribution < -0.4 is 14.8 Å². The summed E-state index contributed by atoms with van der Waals surface area (Å²) in [5.41, 5.74) is 0.224. The van der Waals surface area contributed by atoms with Gasteiger partial charge in [0.05, 0.1) is 5.02 Å². The van der Waals surface area contributed by atoms with Crippen LogP contribution in [0.5, 0.6) is 11.5 Å². The Kier molecular flexibility index (Phi) is 3.80. The molecule has 2 N–H and O–H groups in total. The fourth-order valence-electron chi connectivity index (χ4n) is 1.58. The molecule has 1 amide bonds. The second-order valence-electron chi connectivity index (χ2n) is 4.02. The second-order valence-corrected chi connectivity index (χ2v) is 4.42. The SMILES string of the molecule is C[C@@H](NC(=O)c1cc(Cl)c2c(c1)OCCO2)C(=O)O. The van der Waals surface area contributed by atoms with Crippen molar-refractivity contribution in [3.05, 3.63) is 22.7 Å². The summed E-state index contributed by atoms with van der Waals surface area (Å²) in [5, 5.41) is 11.3. The molecule has 0 aromatic heterocycles. The first kappa shape index (κ1) is 13.5. The first-order valence-electron chi connectivity index (χ1n) is 5.62. The summed E-state index contributed by atoms with van der Waals surface area (Å²) in [4.78, 5) is 22.5. The summed E-state index contributed by atoms with van der Waals surface area (Å²) in [6, 6.07) is 1.91. The highest BCUT2D eigenvalue weighted by molar-refractivity contribution is 6.32. The number of rotatable bonds is 3. The number of carbonyl (C=O) groups is 2. The van der Waals surface area contributed by atoms with Crippen molar-refractivity contribution in [2.24, 2.45) is 0 Å². The van der Waals surface area contributed by atoms with Gasteiger partial charge in [0.25, 0.3) is 5.91 Å². The number of hydrogen-bond acceptors (Lipinski definition) is 4. The fraction of sp³-hybridized carbons (Fsp3) is 0.333. The molecular weight excluding hydrogens is 274 g/mol. The summed E-state index contributed by atoms with van der Waals surface area (Å²) in [6.45, 7) is 2.15. The molecule has 19 heavy (non-hydrogen) atoms. The van der Waals surface area contributed by atoms with Gasteiger partial charge in [-0.05, 0) is 19.1 Å². The highest BCUT2D eigenvalue weighted by Gasteiger charge is 2.21. The van der Waals surface area contributed by atoms with Crippen LogP contribution in [-0.4, -0.2) is 36.2 Å². The van der Waals surface area contributed by atoms with E-state index >= 15 is 0 Å². The number of nitrogens with one attached hydrogen (secondary N) is 1. The first-order valence-corrected chi connectivity index (χ1v) is 5.99. The smallest absolute Gasteiger partial charge is 0.325 e. The highest BCUT2D eigenvalue weighted by atomic mass is 35.5. The number of halogens is 1. The molecular formula is C12H12ClNO5. The minimum atomic E-state index is -1.11. The number of aliphatic carboxylic acids is 1. The first-order chi connectivity index (χ1) is 8.99. The van der Waals surface area contributed by atoms with Crippen LogP contribution in [0.1, 0.15) is 17.3 Å². The predicted octanol–water partition coefficient (Wildman–Crippen LogP) is 1.31. The van der Waals surface area contributed by atoms with E-state index < -0.39 is 17.9 Å². The molecule has 6 nitrogen and oxygen atoms in total. The van der Waals surface area contributed by atoms with Crippen molar-refractivity contribution in [2.45, 2.75) is 13.0 Å². The Balaban J connectivity index is 2.23. The third-order valence-electron chi connectivity index (χ3n) is 2.58. The van der Waals surface area contributed by atoms with Gasteiger partial charge >= 0.3 is 5.97 Å². The zero-order chi connectivity index (χ0) is 14.0. The van der Waals surface area contributed by atoms with Crippen molar-refractivity contribution in [1.29, 1.82) is 0 Å². The van der Waals surface area contributed by atoms with Crippen LogP contribution in [0.3, 0.4) is 0 Å². The van der Waals surface area contributed by atoms with Crippen LogP contribution in [0, 0.1) is 0 Å². The van der Waals surface area contributed by atoms with E-state index in [4.69, 9.17) is 26.2 Å². The van der Waals surface area contributed by atoms with E-state index in [2.05, 4.69) is 5.32 Å². The summed E-state index contributed by atoms with van der Waals surface area (Å²) < 4.78 is 10.7. The van der Waals surface area contributed by atoms with Crippen LogP contribution >= 0.6 is 11.6 Å². The number of amides is 1. The lowest BCUT2D eigenvalue weighted by molar-refractivity contribution is -0.138. The maximum atomic E-state index is 11.9. The molecule has 1 aliphatic rings. The van der Waals surface area contributed by atoms with Crippen molar-refractivity contribution in [2.75, 3.05) is 13.2 Å². The molecule has 0 spiro atoms. The van der Waals surface area contributed by atoms with Gasteiger partial charge in [0.15, 0.2) is 11.5 Å². The van der Waals surface area contributed by atoms with Gasteiger partial charge < -0.3 is 19.9 Å². The fourth-order valence-corrected chi connectivity index (χ4v) is 1.85. The highest BCUT2D eigenvalue weighted by Crippen LogP contribution is 2.38. The molecule has 1 atom stereocenters. The molecule has 1 aromatic carbocycles. The van der Waals surface area contributed by atoms with Gasteiger partial charge in [-0.1, -0.05) is 11.6 Å². The van der Waals surface area contributed by atoms with Crippen LogP contribution in [0.4, 0.5) is 0 Å². The summed E-state index contributed by atoms with van der Waals surface area (Å²) in [7, 11) is 0. The number of carboxylic acids is 1. The van der Waals surface area contributed by atoms with Gasteiger partial charge in [-0.2, -0.15) is 0 Å². The molecule has 0 radical (unpaired) electrons. The summed E-state index contributed by atoms with van der Waals surface area (Å²) >= 11 is 5.99. The van der Waals surface area contributed by atoms with Gasteiger partial charge in [0, 0.05) is 5.56 Å². The number of benzene rings is 1. The van der Waals surface area contributed by atoms with Crippen LogP contribution in [0.15, 0.2) is 12.1 Å². The number of hydrogen-bond donors (Lipinski definition) is 2. The Morgan fingerprint density at radius 2 is 2.05 bits per heavy atom. The van der Waals surface area contributed by atoms with Gasteiger partial charge in [0.2, 0.25) is 0 Å². The van der Waals surface area contributed by atoms with Gasteiger partial charge in [-0.15, -0.1) is 0 Å². The number of carbonyl (C=O) groups excluding carboxylic acids is 1. The maximum absolute atomic E-state index is 11.9. The molecule has 0 fully saturated rings. The lowest BCUT2D eigenvalue weighted by Crippen LogP contribution is -2.38. The molecule has 1 heterocycles. The van der Waals surface area contributed by atoms with E-state index in [1.54, 1.807) is 0 Å². The normalized spacial score (nSPS) is 14.6. The van der Waals surface area contributed by atoms with E-state index in [1.165, 1.54) is 19.1 Å².